The molecule has 6 nitrogen and oxygen atoms in total. The van der Waals surface area contributed by atoms with E-state index in [1.54, 1.807) is 29.8 Å². The van der Waals surface area contributed by atoms with Gasteiger partial charge in [0.2, 0.25) is 5.88 Å². The second-order valence-electron chi connectivity index (χ2n) is 4.83. The molecule has 0 radical (unpaired) electrons. The van der Waals surface area contributed by atoms with E-state index < -0.39 is 12.2 Å². The minimum Gasteiger partial charge on any atom is -0.415 e. The molecule has 3 aromatic heterocycles. The molecule has 120 valence electrons. The Morgan fingerprint density at radius 2 is 2.13 bits per heavy atom. The molecule has 3 heterocycles. The highest BCUT2D eigenvalue weighted by Crippen LogP contribution is 2.17. The molecule has 0 saturated heterocycles. The van der Waals surface area contributed by atoms with Crippen molar-refractivity contribution in [3.05, 3.63) is 57.2 Å². The monoisotopic (exact) mass is 340 g/mol. The molecule has 0 saturated carbocycles. The van der Waals surface area contributed by atoms with E-state index in [0.29, 0.717) is 23.0 Å². The second-order valence-corrected chi connectivity index (χ2v) is 5.22. The smallest absolute Gasteiger partial charge is 0.388 e. The average molecular weight is 341 g/mol. The standard InChI is InChI=1S/C14H11ClF2N4O2/c1-8-4-13(22)21-12(5-11(19-21)23-14(16)17)20(8)7-9-2-3-10(15)18-6-9/h2-6,14H,7H2,1H3. The predicted molar refractivity (Wildman–Crippen MR) is 79.2 cm³/mol. The fourth-order valence-corrected chi connectivity index (χ4v) is 2.35. The number of hydrogen-bond acceptors (Lipinski definition) is 4. The summed E-state index contributed by atoms with van der Waals surface area (Å²) in [5, 5.41) is 4.12. The minimum absolute atomic E-state index is 0.314. The van der Waals surface area contributed by atoms with Crippen molar-refractivity contribution in [1.82, 2.24) is 19.2 Å². The Hall–Kier alpha value is -2.48. The first-order valence-corrected chi connectivity index (χ1v) is 6.97. The first-order chi connectivity index (χ1) is 10.9. The number of nitrogens with zero attached hydrogens (tertiary/aromatic N) is 4. The largest absolute Gasteiger partial charge is 0.415 e. The van der Waals surface area contributed by atoms with Gasteiger partial charge in [-0.15, -0.1) is 5.10 Å². The summed E-state index contributed by atoms with van der Waals surface area (Å²) in [5.74, 6) is -0.314. The Bertz CT molecular complexity index is 906. The highest BCUT2D eigenvalue weighted by Gasteiger charge is 2.14. The fourth-order valence-electron chi connectivity index (χ4n) is 2.24. The van der Waals surface area contributed by atoms with Crippen LogP contribution in [0.3, 0.4) is 0 Å². The highest BCUT2D eigenvalue weighted by molar-refractivity contribution is 6.29. The van der Waals surface area contributed by atoms with Crippen molar-refractivity contribution in [2.24, 2.45) is 0 Å². The molecule has 0 N–H and O–H groups in total. The van der Waals surface area contributed by atoms with Crippen molar-refractivity contribution in [2.45, 2.75) is 20.1 Å². The van der Waals surface area contributed by atoms with Crippen molar-refractivity contribution in [2.75, 3.05) is 0 Å². The summed E-state index contributed by atoms with van der Waals surface area (Å²) in [6.07, 6.45) is 1.60. The maximum Gasteiger partial charge on any atom is 0.388 e. The highest BCUT2D eigenvalue weighted by atomic mass is 35.5. The molecule has 0 bridgehead atoms. The van der Waals surface area contributed by atoms with Crippen LogP contribution < -0.4 is 10.3 Å². The molecule has 0 aliphatic heterocycles. The van der Waals surface area contributed by atoms with Gasteiger partial charge < -0.3 is 9.30 Å². The zero-order valence-electron chi connectivity index (χ0n) is 11.9. The molecule has 0 amide bonds. The molecule has 23 heavy (non-hydrogen) atoms. The van der Waals surface area contributed by atoms with Gasteiger partial charge in [-0.1, -0.05) is 17.7 Å². The van der Waals surface area contributed by atoms with Gasteiger partial charge in [0.25, 0.3) is 5.56 Å². The Balaban J connectivity index is 2.09. The number of hydrogen-bond donors (Lipinski definition) is 0. The lowest BCUT2D eigenvalue weighted by Gasteiger charge is -2.12. The summed E-state index contributed by atoms with van der Waals surface area (Å²) in [6.45, 7) is -0.893. The van der Waals surface area contributed by atoms with E-state index in [1.165, 1.54) is 12.1 Å². The zero-order valence-corrected chi connectivity index (χ0v) is 12.7. The topological polar surface area (TPSA) is 61.4 Å². The van der Waals surface area contributed by atoms with Gasteiger partial charge >= 0.3 is 6.61 Å². The third-order valence-corrected chi connectivity index (χ3v) is 3.47. The van der Waals surface area contributed by atoms with Crippen LogP contribution in [0.4, 0.5) is 8.78 Å². The Morgan fingerprint density at radius 3 is 2.78 bits per heavy atom. The maximum absolute atomic E-state index is 12.3. The zero-order chi connectivity index (χ0) is 16.6. The van der Waals surface area contributed by atoms with Crippen molar-refractivity contribution in [3.63, 3.8) is 0 Å². The van der Waals surface area contributed by atoms with Crippen molar-refractivity contribution in [1.29, 1.82) is 0 Å². The normalized spacial score (nSPS) is 11.3. The number of fused-ring (bicyclic) bond motifs is 1. The molecule has 0 unspecified atom stereocenters. The number of aromatic nitrogens is 4. The lowest BCUT2D eigenvalue weighted by Crippen LogP contribution is -2.20. The SMILES string of the molecule is Cc1cc(=O)n2nc(OC(F)F)cc2n1Cc1ccc(Cl)nc1. The lowest BCUT2D eigenvalue weighted by atomic mass is 10.2. The molecular formula is C14H11ClF2N4O2. The third kappa shape index (κ3) is 3.16. The molecule has 0 aliphatic rings. The van der Waals surface area contributed by atoms with Crippen LogP contribution in [-0.2, 0) is 6.54 Å². The lowest BCUT2D eigenvalue weighted by molar-refractivity contribution is -0.0530. The van der Waals surface area contributed by atoms with E-state index in [2.05, 4.69) is 14.8 Å². The average Bonchev–Trinajstić information content (AvgIpc) is 2.88. The van der Waals surface area contributed by atoms with Crippen molar-refractivity contribution >= 4 is 17.2 Å². The van der Waals surface area contributed by atoms with E-state index in [0.717, 1.165) is 10.1 Å². The summed E-state index contributed by atoms with van der Waals surface area (Å²) in [5.41, 5.74) is 1.41. The van der Waals surface area contributed by atoms with Crippen LogP contribution in [0.1, 0.15) is 11.3 Å². The number of aryl methyl sites for hydroxylation is 1. The maximum atomic E-state index is 12.3. The summed E-state index contributed by atoms with van der Waals surface area (Å²) in [7, 11) is 0. The molecule has 0 aromatic carbocycles. The van der Waals surface area contributed by atoms with Crippen LogP contribution in [0.5, 0.6) is 5.88 Å². The molecule has 3 rings (SSSR count). The first kappa shape index (κ1) is 15.4. The van der Waals surface area contributed by atoms with Gasteiger partial charge in [-0.05, 0) is 18.6 Å². The van der Waals surface area contributed by atoms with E-state index in [4.69, 9.17) is 11.6 Å². The number of pyridine rings is 1. The molecule has 9 heteroatoms. The van der Waals surface area contributed by atoms with Crippen LogP contribution in [0, 0.1) is 6.92 Å². The van der Waals surface area contributed by atoms with E-state index in [9.17, 15) is 13.6 Å². The number of ether oxygens (including phenoxy) is 1. The molecule has 0 atom stereocenters. The van der Waals surface area contributed by atoms with E-state index in [-0.39, 0.29) is 5.88 Å². The van der Waals surface area contributed by atoms with Crippen LogP contribution in [-0.4, -0.2) is 25.8 Å². The molecule has 0 fully saturated rings. The fraction of sp³-hybridized carbons (Fsp3) is 0.214. The van der Waals surface area contributed by atoms with Crippen LogP contribution >= 0.6 is 11.6 Å². The number of rotatable bonds is 4. The summed E-state index contributed by atoms with van der Waals surface area (Å²) >= 11 is 5.75. The molecule has 0 aliphatic carbocycles. The van der Waals surface area contributed by atoms with E-state index >= 15 is 0 Å². The molecule has 0 spiro atoms. The molecular weight excluding hydrogens is 330 g/mol. The minimum atomic E-state index is -3.01. The summed E-state index contributed by atoms with van der Waals surface area (Å²) in [4.78, 5) is 16.0. The quantitative estimate of drug-likeness (QED) is 0.685. The summed E-state index contributed by atoms with van der Waals surface area (Å²) in [6, 6.07) is 6.10. The van der Waals surface area contributed by atoms with Gasteiger partial charge in [0.1, 0.15) is 10.8 Å². The van der Waals surface area contributed by atoms with Gasteiger partial charge in [0.05, 0.1) is 6.54 Å². The molecule has 3 aromatic rings. The third-order valence-electron chi connectivity index (χ3n) is 3.25. The van der Waals surface area contributed by atoms with Crippen LogP contribution in [0.25, 0.3) is 5.65 Å². The van der Waals surface area contributed by atoms with Crippen molar-refractivity contribution in [3.8, 4) is 5.88 Å². The van der Waals surface area contributed by atoms with Gasteiger partial charge in [0.15, 0.2) is 0 Å². The Labute approximate surface area is 133 Å². The van der Waals surface area contributed by atoms with Gasteiger partial charge in [-0.3, -0.25) is 4.79 Å². The van der Waals surface area contributed by atoms with Crippen LogP contribution in [0.2, 0.25) is 5.15 Å². The number of alkyl halides is 2. The van der Waals surface area contributed by atoms with Gasteiger partial charge in [0, 0.05) is 24.0 Å². The summed E-state index contributed by atoms with van der Waals surface area (Å²) < 4.78 is 31.7. The first-order valence-electron chi connectivity index (χ1n) is 6.59. The van der Waals surface area contributed by atoms with Gasteiger partial charge in [-0.2, -0.15) is 13.3 Å². The van der Waals surface area contributed by atoms with Crippen LogP contribution in [0.15, 0.2) is 35.3 Å². The second kappa shape index (κ2) is 5.96. The Morgan fingerprint density at radius 1 is 1.35 bits per heavy atom. The predicted octanol–water partition coefficient (Wildman–Crippen LogP) is 2.50. The number of halogens is 3. The van der Waals surface area contributed by atoms with E-state index in [1.807, 2.05) is 0 Å². The Kier molecular flexibility index (Phi) is 3.99. The van der Waals surface area contributed by atoms with Crippen molar-refractivity contribution < 1.29 is 13.5 Å². The van der Waals surface area contributed by atoms with Gasteiger partial charge in [-0.25, -0.2) is 4.98 Å².